The molecule has 2 heterocycles. The summed E-state index contributed by atoms with van der Waals surface area (Å²) in [5, 5.41) is 0. The van der Waals surface area contributed by atoms with Crippen LogP contribution in [0, 0.1) is 0 Å². The highest BCUT2D eigenvalue weighted by molar-refractivity contribution is 6.35. The number of piperazine rings is 1. The number of hydrogen-bond donors (Lipinski definition) is 0. The van der Waals surface area contributed by atoms with Crippen LogP contribution in [0.15, 0.2) is 0 Å². The van der Waals surface area contributed by atoms with Crippen LogP contribution in [0.2, 0.25) is 0 Å². The summed E-state index contributed by atoms with van der Waals surface area (Å²) in [4.78, 5) is 27.1. The molecule has 0 bridgehead atoms. The highest BCUT2D eigenvalue weighted by atomic mass is 16.7. The molecule has 2 aliphatic rings. The summed E-state index contributed by atoms with van der Waals surface area (Å²) in [5.41, 5.74) is 0. The van der Waals surface area contributed by atoms with Gasteiger partial charge in [-0.1, -0.05) is 0 Å². The van der Waals surface area contributed by atoms with Crippen molar-refractivity contribution in [1.82, 2.24) is 9.80 Å². The minimum Gasteiger partial charge on any atom is -0.353 e. The van der Waals surface area contributed by atoms with Crippen LogP contribution in [-0.2, 0) is 19.1 Å². The third-order valence-corrected chi connectivity index (χ3v) is 3.50. The average Bonchev–Trinajstić information content (AvgIpc) is 2.41. The first-order chi connectivity index (χ1) is 9.09. The van der Waals surface area contributed by atoms with E-state index < -0.39 is 11.8 Å². The first-order valence-electron chi connectivity index (χ1n) is 6.92. The molecule has 19 heavy (non-hydrogen) atoms. The molecule has 2 fully saturated rings. The normalized spacial score (nSPS) is 22.5. The SMILES string of the molecule is CC(C)N1CCN(CCC2OCCCO2)C(=O)C1=O. The number of rotatable bonds is 4. The summed E-state index contributed by atoms with van der Waals surface area (Å²) < 4.78 is 10.9. The van der Waals surface area contributed by atoms with Gasteiger partial charge >= 0.3 is 11.8 Å². The van der Waals surface area contributed by atoms with E-state index in [1.54, 1.807) is 9.80 Å². The second kappa shape index (κ2) is 6.34. The first kappa shape index (κ1) is 14.3. The Kier molecular flexibility index (Phi) is 4.76. The van der Waals surface area contributed by atoms with Crippen LogP contribution >= 0.6 is 0 Å². The Hall–Kier alpha value is -1.14. The van der Waals surface area contributed by atoms with Gasteiger partial charge in [-0.3, -0.25) is 9.59 Å². The van der Waals surface area contributed by atoms with E-state index >= 15 is 0 Å². The topological polar surface area (TPSA) is 59.1 Å². The molecule has 2 aliphatic heterocycles. The number of amides is 2. The summed E-state index contributed by atoms with van der Waals surface area (Å²) in [6.45, 7) is 6.97. The molecule has 0 unspecified atom stereocenters. The van der Waals surface area contributed by atoms with Crippen molar-refractivity contribution < 1.29 is 19.1 Å². The minimum absolute atomic E-state index is 0.0728. The monoisotopic (exact) mass is 270 g/mol. The summed E-state index contributed by atoms with van der Waals surface area (Å²) in [6, 6.07) is 0.0728. The fourth-order valence-electron chi connectivity index (χ4n) is 2.36. The van der Waals surface area contributed by atoms with Crippen LogP contribution in [0.25, 0.3) is 0 Å². The van der Waals surface area contributed by atoms with Crippen molar-refractivity contribution in [2.75, 3.05) is 32.8 Å². The molecule has 6 nitrogen and oxygen atoms in total. The fraction of sp³-hybridized carbons (Fsp3) is 0.846. The van der Waals surface area contributed by atoms with E-state index in [1.807, 2.05) is 13.8 Å². The molecular formula is C13H22N2O4. The van der Waals surface area contributed by atoms with E-state index in [2.05, 4.69) is 0 Å². The molecule has 2 rings (SSSR count). The summed E-state index contributed by atoms with van der Waals surface area (Å²) in [6.07, 6.45) is 1.31. The summed E-state index contributed by atoms with van der Waals surface area (Å²) in [7, 11) is 0. The van der Waals surface area contributed by atoms with E-state index in [-0.39, 0.29) is 12.3 Å². The van der Waals surface area contributed by atoms with Gasteiger partial charge in [-0.2, -0.15) is 0 Å². The van der Waals surface area contributed by atoms with Crippen LogP contribution in [0.1, 0.15) is 26.7 Å². The molecule has 0 saturated carbocycles. The van der Waals surface area contributed by atoms with Crippen molar-refractivity contribution in [2.45, 2.75) is 39.0 Å². The molecular weight excluding hydrogens is 248 g/mol. The maximum absolute atomic E-state index is 12.0. The lowest BCUT2D eigenvalue weighted by Crippen LogP contribution is -2.56. The molecule has 0 aromatic carbocycles. The summed E-state index contributed by atoms with van der Waals surface area (Å²) in [5.74, 6) is -0.803. The zero-order chi connectivity index (χ0) is 13.8. The zero-order valence-corrected chi connectivity index (χ0v) is 11.6. The van der Waals surface area contributed by atoms with Crippen molar-refractivity contribution in [3.63, 3.8) is 0 Å². The highest BCUT2D eigenvalue weighted by Gasteiger charge is 2.33. The van der Waals surface area contributed by atoms with Gasteiger partial charge in [-0.05, 0) is 20.3 Å². The number of carbonyl (C=O) groups is 2. The van der Waals surface area contributed by atoms with E-state index in [4.69, 9.17) is 9.47 Å². The van der Waals surface area contributed by atoms with Crippen LogP contribution < -0.4 is 0 Å². The van der Waals surface area contributed by atoms with E-state index in [0.29, 0.717) is 39.3 Å². The zero-order valence-electron chi connectivity index (χ0n) is 11.6. The molecule has 0 aromatic rings. The smallest absolute Gasteiger partial charge is 0.312 e. The number of ether oxygens (including phenoxy) is 2. The molecule has 0 atom stereocenters. The summed E-state index contributed by atoms with van der Waals surface area (Å²) >= 11 is 0. The lowest BCUT2D eigenvalue weighted by atomic mass is 10.2. The van der Waals surface area contributed by atoms with Crippen molar-refractivity contribution in [3.8, 4) is 0 Å². The molecule has 0 aromatic heterocycles. The van der Waals surface area contributed by atoms with Crippen molar-refractivity contribution in [2.24, 2.45) is 0 Å². The largest absolute Gasteiger partial charge is 0.353 e. The lowest BCUT2D eigenvalue weighted by molar-refractivity contribution is -0.184. The maximum atomic E-state index is 12.0. The van der Waals surface area contributed by atoms with Gasteiger partial charge in [-0.25, -0.2) is 0 Å². The molecule has 108 valence electrons. The van der Waals surface area contributed by atoms with Gasteiger partial charge in [0.2, 0.25) is 0 Å². The molecule has 0 aliphatic carbocycles. The number of hydrogen-bond acceptors (Lipinski definition) is 4. The van der Waals surface area contributed by atoms with Crippen molar-refractivity contribution in [1.29, 1.82) is 0 Å². The molecule has 0 spiro atoms. The Balaban J connectivity index is 1.81. The van der Waals surface area contributed by atoms with Crippen LogP contribution in [0.5, 0.6) is 0 Å². The lowest BCUT2D eigenvalue weighted by Gasteiger charge is -2.36. The molecule has 2 amide bonds. The van der Waals surface area contributed by atoms with E-state index in [9.17, 15) is 9.59 Å². The molecule has 6 heteroatoms. The quantitative estimate of drug-likeness (QED) is 0.686. The van der Waals surface area contributed by atoms with Crippen LogP contribution in [0.3, 0.4) is 0 Å². The van der Waals surface area contributed by atoms with Crippen LogP contribution in [-0.4, -0.2) is 66.8 Å². The Bertz CT molecular complexity index is 340. The van der Waals surface area contributed by atoms with Crippen molar-refractivity contribution in [3.05, 3.63) is 0 Å². The third kappa shape index (κ3) is 3.45. The Morgan fingerprint density at radius 3 is 2.47 bits per heavy atom. The Morgan fingerprint density at radius 2 is 1.84 bits per heavy atom. The van der Waals surface area contributed by atoms with E-state index in [1.165, 1.54) is 0 Å². The van der Waals surface area contributed by atoms with Gasteiger partial charge in [0.1, 0.15) is 0 Å². The van der Waals surface area contributed by atoms with Gasteiger partial charge in [0.05, 0.1) is 13.2 Å². The van der Waals surface area contributed by atoms with E-state index in [0.717, 1.165) is 6.42 Å². The fourth-order valence-corrected chi connectivity index (χ4v) is 2.36. The predicted octanol–water partition coefficient (Wildman–Crippen LogP) is 0.219. The van der Waals surface area contributed by atoms with Crippen molar-refractivity contribution >= 4 is 11.8 Å². The standard InChI is InChI=1S/C13H22N2O4/c1-10(2)15-7-6-14(12(16)13(15)17)5-4-11-18-8-3-9-19-11/h10-11H,3-9H2,1-2H3. The van der Waals surface area contributed by atoms with Gasteiger partial charge in [0.25, 0.3) is 0 Å². The van der Waals surface area contributed by atoms with Gasteiger partial charge in [0, 0.05) is 32.1 Å². The second-order valence-corrected chi connectivity index (χ2v) is 5.20. The number of carbonyl (C=O) groups excluding carboxylic acids is 2. The molecule has 0 radical (unpaired) electrons. The maximum Gasteiger partial charge on any atom is 0.312 e. The second-order valence-electron chi connectivity index (χ2n) is 5.20. The Labute approximate surface area is 113 Å². The molecule has 2 saturated heterocycles. The first-order valence-corrected chi connectivity index (χ1v) is 6.92. The highest BCUT2D eigenvalue weighted by Crippen LogP contribution is 2.13. The van der Waals surface area contributed by atoms with Gasteiger partial charge in [0.15, 0.2) is 6.29 Å². The number of nitrogens with zero attached hydrogens (tertiary/aromatic N) is 2. The minimum atomic E-state index is -0.407. The van der Waals surface area contributed by atoms with Gasteiger partial charge in [-0.15, -0.1) is 0 Å². The molecule has 0 N–H and O–H groups in total. The average molecular weight is 270 g/mol. The van der Waals surface area contributed by atoms with Crippen LogP contribution in [0.4, 0.5) is 0 Å². The third-order valence-electron chi connectivity index (χ3n) is 3.50. The van der Waals surface area contributed by atoms with Gasteiger partial charge < -0.3 is 19.3 Å². The Morgan fingerprint density at radius 1 is 1.16 bits per heavy atom. The predicted molar refractivity (Wildman–Crippen MR) is 68.4 cm³/mol.